The topological polar surface area (TPSA) is 86.8 Å². The molecule has 0 aliphatic heterocycles. The minimum atomic E-state index is -3.82. The van der Waals surface area contributed by atoms with Crippen molar-refractivity contribution in [2.45, 2.75) is 59.5 Å². The third-order valence-electron chi connectivity index (χ3n) is 5.91. The van der Waals surface area contributed by atoms with E-state index in [0.29, 0.717) is 34.3 Å². The lowest BCUT2D eigenvalue weighted by atomic mass is 10.0. The number of amides is 2. The van der Waals surface area contributed by atoms with Crippen molar-refractivity contribution >= 4 is 50.7 Å². The number of carbonyl (C=O) groups excluding carboxylic acids is 2. The number of hydrogen-bond donors (Lipinski definition) is 1. The lowest BCUT2D eigenvalue weighted by Gasteiger charge is -2.33. The van der Waals surface area contributed by atoms with Crippen LogP contribution < -0.4 is 9.62 Å². The number of nitrogens with zero attached hydrogens (tertiary/aromatic N) is 2. The van der Waals surface area contributed by atoms with E-state index in [0.717, 1.165) is 16.1 Å². The molecule has 0 aliphatic rings. The first-order valence-electron chi connectivity index (χ1n) is 12.3. The Hall–Kier alpha value is -2.29. The van der Waals surface area contributed by atoms with Crippen molar-refractivity contribution < 1.29 is 18.0 Å². The van der Waals surface area contributed by atoms with Crippen LogP contribution in [0.5, 0.6) is 0 Å². The number of rotatable bonds is 12. The van der Waals surface area contributed by atoms with Gasteiger partial charge in [0.2, 0.25) is 21.8 Å². The molecule has 0 aliphatic carbocycles. The molecule has 2 aromatic rings. The van der Waals surface area contributed by atoms with Gasteiger partial charge in [0.25, 0.3) is 0 Å². The lowest BCUT2D eigenvalue weighted by molar-refractivity contribution is -0.140. The van der Waals surface area contributed by atoms with Gasteiger partial charge in [0, 0.05) is 13.1 Å². The Morgan fingerprint density at radius 1 is 1.00 bits per heavy atom. The van der Waals surface area contributed by atoms with Crippen LogP contribution >= 0.6 is 23.2 Å². The highest BCUT2D eigenvalue weighted by Crippen LogP contribution is 2.30. The van der Waals surface area contributed by atoms with Gasteiger partial charge in [0.05, 0.1) is 22.0 Å². The molecule has 37 heavy (non-hydrogen) atoms. The Labute approximate surface area is 231 Å². The van der Waals surface area contributed by atoms with Crippen LogP contribution in [0, 0.1) is 5.92 Å². The summed E-state index contributed by atoms with van der Waals surface area (Å²) < 4.78 is 26.9. The molecule has 0 radical (unpaired) electrons. The molecule has 0 aromatic heterocycles. The molecule has 0 saturated heterocycles. The van der Waals surface area contributed by atoms with Gasteiger partial charge in [0.1, 0.15) is 12.6 Å². The van der Waals surface area contributed by atoms with E-state index in [2.05, 4.69) is 5.32 Å². The zero-order chi connectivity index (χ0) is 27.9. The first-order chi connectivity index (χ1) is 17.3. The second-order valence-corrected chi connectivity index (χ2v) is 12.5. The van der Waals surface area contributed by atoms with E-state index >= 15 is 0 Å². The Morgan fingerprint density at radius 3 is 2.19 bits per heavy atom. The standard InChI is InChI=1S/C27H37Cl2N3O4S/c1-7-24(27(34)30-15-18(2)3)31(16-20-12-13-22(28)23(29)14-20)26(33)17-32(37(6,35)36)25-11-9-8-10-21(25)19(4)5/h8-14,18-19,24H,7,15-17H2,1-6H3,(H,30,34)/t24-/m0/s1. The third kappa shape index (κ3) is 8.62. The molecule has 0 saturated carbocycles. The molecular weight excluding hydrogens is 533 g/mol. The fourth-order valence-corrected chi connectivity index (χ4v) is 5.16. The Bertz CT molecular complexity index is 1200. The van der Waals surface area contributed by atoms with E-state index in [1.807, 2.05) is 46.8 Å². The number of carbonyl (C=O) groups is 2. The lowest BCUT2D eigenvalue weighted by Crippen LogP contribution is -2.52. The molecule has 0 spiro atoms. The highest BCUT2D eigenvalue weighted by atomic mass is 35.5. The maximum Gasteiger partial charge on any atom is 0.244 e. The maximum atomic E-state index is 13.8. The molecule has 0 fully saturated rings. The molecule has 1 N–H and O–H groups in total. The molecule has 0 bridgehead atoms. The number of anilines is 1. The number of hydrogen-bond acceptors (Lipinski definition) is 4. The van der Waals surface area contributed by atoms with Crippen LogP contribution in [0.3, 0.4) is 0 Å². The minimum Gasteiger partial charge on any atom is -0.354 e. The number of para-hydroxylation sites is 1. The van der Waals surface area contributed by atoms with Crippen molar-refractivity contribution in [3.05, 3.63) is 63.6 Å². The van der Waals surface area contributed by atoms with E-state index in [1.165, 1.54) is 4.90 Å². The zero-order valence-electron chi connectivity index (χ0n) is 22.3. The van der Waals surface area contributed by atoms with Crippen LogP contribution in [-0.2, 0) is 26.2 Å². The second kappa shape index (κ2) is 13.5. The summed E-state index contributed by atoms with van der Waals surface area (Å²) in [4.78, 5) is 28.4. The van der Waals surface area contributed by atoms with Crippen LogP contribution in [0.1, 0.15) is 58.1 Å². The van der Waals surface area contributed by atoms with E-state index in [9.17, 15) is 18.0 Å². The predicted octanol–water partition coefficient (Wildman–Crippen LogP) is 5.46. The van der Waals surface area contributed by atoms with Crippen LogP contribution in [-0.4, -0.2) is 50.5 Å². The average molecular weight is 571 g/mol. The molecule has 204 valence electrons. The van der Waals surface area contributed by atoms with Crippen LogP contribution in [0.15, 0.2) is 42.5 Å². The zero-order valence-corrected chi connectivity index (χ0v) is 24.6. The fraction of sp³-hybridized carbons (Fsp3) is 0.481. The quantitative estimate of drug-likeness (QED) is 0.367. The van der Waals surface area contributed by atoms with E-state index in [4.69, 9.17) is 23.2 Å². The number of benzene rings is 2. The van der Waals surface area contributed by atoms with Crippen LogP contribution in [0.25, 0.3) is 0 Å². The Balaban J connectivity index is 2.51. The van der Waals surface area contributed by atoms with Crippen LogP contribution in [0.2, 0.25) is 10.0 Å². The first-order valence-corrected chi connectivity index (χ1v) is 14.9. The molecule has 0 heterocycles. The van der Waals surface area contributed by atoms with E-state index in [1.54, 1.807) is 30.3 Å². The molecule has 7 nitrogen and oxygen atoms in total. The van der Waals surface area contributed by atoms with Crippen molar-refractivity contribution in [2.24, 2.45) is 5.92 Å². The average Bonchev–Trinajstić information content (AvgIpc) is 2.82. The van der Waals surface area contributed by atoms with Crippen molar-refractivity contribution in [1.29, 1.82) is 0 Å². The summed E-state index contributed by atoms with van der Waals surface area (Å²) in [7, 11) is -3.82. The molecule has 2 aromatic carbocycles. The minimum absolute atomic E-state index is 0.0352. The highest BCUT2D eigenvalue weighted by Gasteiger charge is 2.32. The van der Waals surface area contributed by atoms with Crippen LogP contribution in [0.4, 0.5) is 5.69 Å². The van der Waals surface area contributed by atoms with Gasteiger partial charge in [-0.25, -0.2) is 8.42 Å². The monoisotopic (exact) mass is 569 g/mol. The number of halogens is 2. The number of sulfonamides is 1. The molecule has 2 rings (SSSR count). The third-order valence-corrected chi connectivity index (χ3v) is 7.78. The molecular formula is C27H37Cl2N3O4S. The van der Waals surface area contributed by atoms with Crippen molar-refractivity contribution in [1.82, 2.24) is 10.2 Å². The number of nitrogens with one attached hydrogen (secondary N) is 1. The summed E-state index contributed by atoms with van der Waals surface area (Å²) in [6.45, 7) is 9.78. The van der Waals surface area contributed by atoms with Crippen molar-refractivity contribution in [3.63, 3.8) is 0 Å². The van der Waals surface area contributed by atoms with Gasteiger partial charge >= 0.3 is 0 Å². The van der Waals surface area contributed by atoms with E-state index in [-0.39, 0.29) is 24.3 Å². The smallest absolute Gasteiger partial charge is 0.244 e. The molecule has 1 atom stereocenters. The largest absolute Gasteiger partial charge is 0.354 e. The summed E-state index contributed by atoms with van der Waals surface area (Å²) in [5, 5.41) is 3.60. The first kappa shape index (κ1) is 30.9. The van der Waals surface area contributed by atoms with Gasteiger partial charge in [-0.05, 0) is 47.6 Å². The Morgan fingerprint density at radius 2 is 1.65 bits per heavy atom. The van der Waals surface area contributed by atoms with E-state index < -0.39 is 28.5 Å². The second-order valence-electron chi connectivity index (χ2n) is 9.82. The SMILES string of the molecule is CC[C@@H](C(=O)NCC(C)C)N(Cc1ccc(Cl)c(Cl)c1)C(=O)CN(c1ccccc1C(C)C)S(C)(=O)=O. The summed E-state index contributed by atoms with van der Waals surface area (Å²) in [5.41, 5.74) is 1.92. The molecule has 0 unspecified atom stereocenters. The summed E-state index contributed by atoms with van der Waals surface area (Å²) >= 11 is 12.3. The van der Waals surface area contributed by atoms with Crippen molar-refractivity contribution in [2.75, 3.05) is 23.7 Å². The van der Waals surface area contributed by atoms with Gasteiger partial charge in [-0.2, -0.15) is 0 Å². The van der Waals surface area contributed by atoms with Gasteiger partial charge in [-0.1, -0.05) is 82.1 Å². The Kier molecular flexibility index (Phi) is 11.3. The summed E-state index contributed by atoms with van der Waals surface area (Å²) in [6, 6.07) is 11.3. The van der Waals surface area contributed by atoms with Gasteiger partial charge in [-0.15, -0.1) is 0 Å². The van der Waals surface area contributed by atoms with Gasteiger partial charge in [0.15, 0.2) is 0 Å². The maximum absolute atomic E-state index is 13.8. The highest BCUT2D eigenvalue weighted by molar-refractivity contribution is 7.92. The fourth-order valence-electron chi connectivity index (χ4n) is 3.97. The van der Waals surface area contributed by atoms with Gasteiger partial charge < -0.3 is 10.2 Å². The summed E-state index contributed by atoms with van der Waals surface area (Å²) in [5.74, 6) is -0.526. The normalized spacial score (nSPS) is 12.5. The predicted molar refractivity (Wildman–Crippen MR) is 152 cm³/mol. The molecule has 10 heteroatoms. The molecule has 2 amide bonds. The summed E-state index contributed by atoms with van der Waals surface area (Å²) in [6.07, 6.45) is 1.42. The van der Waals surface area contributed by atoms with Crippen molar-refractivity contribution in [3.8, 4) is 0 Å². The van der Waals surface area contributed by atoms with Gasteiger partial charge in [-0.3, -0.25) is 13.9 Å².